The van der Waals surface area contributed by atoms with Crippen LogP contribution in [-0.2, 0) is 4.79 Å². The van der Waals surface area contributed by atoms with Crippen molar-refractivity contribution in [3.05, 3.63) is 18.3 Å². The highest BCUT2D eigenvalue weighted by atomic mass is 16.1. The molecule has 1 rings (SSSR count). The number of amides is 1. The number of rotatable bonds is 5. The molecule has 17 heavy (non-hydrogen) atoms. The lowest BCUT2D eigenvalue weighted by atomic mass is 10.1. The highest BCUT2D eigenvalue weighted by molar-refractivity contribution is 5.90. The number of carbonyl (C=O) groups excluding carboxylic acids is 1. The smallest absolute Gasteiger partial charge is 0.225 e. The number of carbonyl (C=O) groups is 1. The minimum Gasteiger partial charge on any atom is -0.363 e. The number of pyridine rings is 1. The zero-order valence-corrected chi connectivity index (χ0v) is 10.6. The van der Waals surface area contributed by atoms with Crippen molar-refractivity contribution in [2.45, 2.75) is 25.8 Å². The molecule has 3 N–H and O–H groups in total. The van der Waals surface area contributed by atoms with Crippen molar-refractivity contribution in [3.63, 3.8) is 0 Å². The minimum absolute atomic E-state index is 0.0706. The number of hydrogen-bond acceptors (Lipinski definition) is 4. The van der Waals surface area contributed by atoms with Gasteiger partial charge in [-0.3, -0.25) is 4.79 Å². The molecule has 0 bridgehead atoms. The zero-order chi connectivity index (χ0) is 12.8. The fourth-order valence-electron chi connectivity index (χ4n) is 1.32. The second-order valence-electron chi connectivity index (χ2n) is 4.22. The van der Waals surface area contributed by atoms with Gasteiger partial charge in [0.15, 0.2) is 0 Å². The Morgan fingerprint density at radius 3 is 2.71 bits per heavy atom. The Kier molecular flexibility index (Phi) is 4.90. The third-order valence-corrected chi connectivity index (χ3v) is 2.46. The molecular weight excluding hydrogens is 216 g/mol. The number of nitrogens with two attached hydrogens (primary N) is 1. The van der Waals surface area contributed by atoms with E-state index in [1.165, 1.54) is 0 Å². The van der Waals surface area contributed by atoms with E-state index in [9.17, 15) is 4.79 Å². The molecule has 1 aromatic rings. The first-order chi connectivity index (χ1) is 8.02. The average molecular weight is 236 g/mol. The van der Waals surface area contributed by atoms with Crippen LogP contribution >= 0.6 is 0 Å². The van der Waals surface area contributed by atoms with Crippen LogP contribution in [0.5, 0.6) is 0 Å². The molecule has 0 radical (unpaired) electrons. The Hall–Kier alpha value is -1.62. The quantitative estimate of drug-likeness (QED) is 0.806. The summed E-state index contributed by atoms with van der Waals surface area (Å²) < 4.78 is 0. The second kappa shape index (κ2) is 6.20. The maximum absolute atomic E-state index is 11.6. The van der Waals surface area contributed by atoms with E-state index in [0.29, 0.717) is 12.1 Å². The highest BCUT2D eigenvalue weighted by Crippen LogP contribution is 2.12. The molecule has 0 aliphatic heterocycles. The summed E-state index contributed by atoms with van der Waals surface area (Å²) in [6, 6.07) is 3.61. The number of nitrogens with one attached hydrogen (secondary N) is 1. The summed E-state index contributed by atoms with van der Waals surface area (Å²) in [7, 11) is 3.84. The van der Waals surface area contributed by atoms with Gasteiger partial charge in [0.2, 0.25) is 5.91 Å². The van der Waals surface area contributed by atoms with E-state index in [1.54, 1.807) is 6.20 Å². The Balaban J connectivity index is 2.54. The monoisotopic (exact) mass is 236 g/mol. The van der Waals surface area contributed by atoms with Gasteiger partial charge in [-0.2, -0.15) is 0 Å². The van der Waals surface area contributed by atoms with E-state index >= 15 is 0 Å². The Morgan fingerprint density at radius 1 is 1.53 bits per heavy atom. The molecule has 0 saturated heterocycles. The van der Waals surface area contributed by atoms with Gasteiger partial charge in [-0.25, -0.2) is 4.98 Å². The molecule has 1 unspecified atom stereocenters. The summed E-state index contributed by atoms with van der Waals surface area (Å²) in [4.78, 5) is 17.7. The first-order valence-electron chi connectivity index (χ1n) is 5.71. The molecule has 0 spiro atoms. The Labute approximate surface area is 102 Å². The van der Waals surface area contributed by atoms with Crippen molar-refractivity contribution in [1.29, 1.82) is 0 Å². The highest BCUT2D eigenvalue weighted by Gasteiger charge is 2.08. The average Bonchev–Trinajstić information content (AvgIpc) is 2.29. The van der Waals surface area contributed by atoms with Crippen LogP contribution in [0.25, 0.3) is 0 Å². The van der Waals surface area contributed by atoms with Gasteiger partial charge in [0.1, 0.15) is 5.82 Å². The summed E-state index contributed by atoms with van der Waals surface area (Å²) in [5.74, 6) is 0.784. The molecule has 1 atom stereocenters. The molecule has 1 heterocycles. The van der Waals surface area contributed by atoms with E-state index in [4.69, 9.17) is 5.73 Å². The van der Waals surface area contributed by atoms with Crippen LogP contribution in [0.15, 0.2) is 18.3 Å². The third-order valence-electron chi connectivity index (χ3n) is 2.46. The van der Waals surface area contributed by atoms with Crippen molar-refractivity contribution in [1.82, 2.24) is 4.98 Å². The van der Waals surface area contributed by atoms with Crippen LogP contribution in [-0.4, -0.2) is 31.0 Å². The maximum atomic E-state index is 11.6. The van der Waals surface area contributed by atoms with Crippen molar-refractivity contribution in [2.75, 3.05) is 24.3 Å². The van der Waals surface area contributed by atoms with Gasteiger partial charge in [-0.1, -0.05) is 6.92 Å². The Bertz CT molecular complexity index is 361. The van der Waals surface area contributed by atoms with Gasteiger partial charge < -0.3 is 16.0 Å². The molecule has 1 amide bonds. The number of aromatic nitrogens is 1. The molecule has 0 aliphatic rings. The van der Waals surface area contributed by atoms with Crippen molar-refractivity contribution < 1.29 is 4.79 Å². The van der Waals surface area contributed by atoms with Gasteiger partial charge in [-0.15, -0.1) is 0 Å². The summed E-state index contributed by atoms with van der Waals surface area (Å²) >= 11 is 0. The molecule has 0 fully saturated rings. The molecule has 1 aromatic heterocycles. The third kappa shape index (κ3) is 4.40. The SMILES string of the molecule is CCC(N)CC(=O)Nc1ccc(N(C)C)nc1. The molecular formula is C12H20N4O. The van der Waals surface area contributed by atoms with Gasteiger partial charge in [0.05, 0.1) is 11.9 Å². The standard InChI is InChI=1S/C12H20N4O/c1-4-9(13)7-12(17)15-10-5-6-11(14-8-10)16(2)3/h5-6,8-9H,4,7,13H2,1-3H3,(H,15,17). The predicted octanol–water partition coefficient (Wildman–Crippen LogP) is 1.21. The van der Waals surface area contributed by atoms with Gasteiger partial charge in [-0.05, 0) is 18.6 Å². The van der Waals surface area contributed by atoms with Crippen molar-refractivity contribution in [2.24, 2.45) is 5.73 Å². The van der Waals surface area contributed by atoms with Crippen LogP contribution in [0.1, 0.15) is 19.8 Å². The summed E-state index contributed by atoms with van der Waals surface area (Å²) in [5, 5.41) is 2.77. The molecule has 0 aromatic carbocycles. The zero-order valence-electron chi connectivity index (χ0n) is 10.6. The normalized spacial score (nSPS) is 12.0. The van der Waals surface area contributed by atoms with E-state index < -0.39 is 0 Å². The van der Waals surface area contributed by atoms with Crippen LogP contribution in [0.4, 0.5) is 11.5 Å². The summed E-state index contributed by atoms with van der Waals surface area (Å²) in [6.07, 6.45) is 2.78. The fourth-order valence-corrected chi connectivity index (χ4v) is 1.32. The maximum Gasteiger partial charge on any atom is 0.225 e. The Morgan fingerprint density at radius 2 is 2.24 bits per heavy atom. The van der Waals surface area contributed by atoms with Crippen LogP contribution in [0.2, 0.25) is 0 Å². The summed E-state index contributed by atoms with van der Waals surface area (Å²) in [6.45, 7) is 1.96. The van der Waals surface area contributed by atoms with Crippen molar-refractivity contribution >= 4 is 17.4 Å². The number of nitrogens with zero attached hydrogens (tertiary/aromatic N) is 2. The number of anilines is 2. The summed E-state index contributed by atoms with van der Waals surface area (Å²) in [5.41, 5.74) is 6.41. The lowest BCUT2D eigenvalue weighted by molar-refractivity contribution is -0.116. The topological polar surface area (TPSA) is 71.2 Å². The molecule has 94 valence electrons. The fraction of sp³-hybridized carbons (Fsp3) is 0.500. The first kappa shape index (κ1) is 13.4. The second-order valence-corrected chi connectivity index (χ2v) is 4.22. The molecule has 5 heteroatoms. The van der Waals surface area contributed by atoms with Crippen LogP contribution in [0, 0.1) is 0 Å². The van der Waals surface area contributed by atoms with E-state index in [2.05, 4.69) is 10.3 Å². The number of hydrogen-bond donors (Lipinski definition) is 2. The van der Waals surface area contributed by atoms with E-state index in [-0.39, 0.29) is 11.9 Å². The van der Waals surface area contributed by atoms with Crippen molar-refractivity contribution in [3.8, 4) is 0 Å². The van der Waals surface area contributed by atoms with Gasteiger partial charge in [0, 0.05) is 26.6 Å². The van der Waals surface area contributed by atoms with Gasteiger partial charge in [0.25, 0.3) is 0 Å². The molecule has 0 aliphatic carbocycles. The molecule has 0 saturated carbocycles. The predicted molar refractivity (Wildman–Crippen MR) is 70.1 cm³/mol. The minimum atomic E-state index is -0.0796. The van der Waals surface area contributed by atoms with Gasteiger partial charge >= 0.3 is 0 Å². The van der Waals surface area contributed by atoms with E-state index in [0.717, 1.165) is 12.2 Å². The van der Waals surface area contributed by atoms with E-state index in [1.807, 2.05) is 38.1 Å². The lowest BCUT2D eigenvalue weighted by Crippen LogP contribution is -2.26. The van der Waals surface area contributed by atoms with Crippen LogP contribution in [0.3, 0.4) is 0 Å². The lowest BCUT2D eigenvalue weighted by Gasteiger charge is -2.12. The first-order valence-corrected chi connectivity index (χ1v) is 5.71. The molecule has 5 nitrogen and oxygen atoms in total. The largest absolute Gasteiger partial charge is 0.363 e. The van der Waals surface area contributed by atoms with Crippen LogP contribution < -0.4 is 16.0 Å².